The summed E-state index contributed by atoms with van der Waals surface area (Å²) in [6.07, 6.45) is -4.68. The standard InChI is InChI=1S/C14H16F3NO4/c1-2-21-13(20)7-8-18-12(19)9-10-3-5-11(6-4-10)22-14(15,16)17/h3-6H,2,7-9H2,1H3,(H,18,19). The van der Waals surface area contributed by atoms with Crippen LogP contribution in [0.2, 0.25) is 0 Å². The van der Waals surface area contributed by atoms with E-state index in [1.54, 1.807) is 6.92 Å². The second-order valence-corrected chi connectivity index (χ2v) is 4.27. The number of rotatable bonds is 7. The lowest BCUT2D eigenvalue weighted by Gasteiger charge is -2.09. The van der Waals surface area contributed by atoms with Crippen molar-refractivity contribution in [2.24, 2.45) is 0 Å². The molecule has 0 aromatic heterocycles. The summed E-state index contributed by atoms with van der Waals surface area (Å²) in [6, 6.07) is 5.00. The molecule has 0 atom stereocenters. The van der Waals surface area contributed by atoms with Crippen LogP contribution in [0.3, 0.4) is 0 Å². The zero-order valence-electron chi connectivity index (χ0n) is 11.9. The summed E-state index contributed by atoms with van der Waals surface area (Å²) in [5.41, 5.74) is 0.531. The van der Waals surface area contributed by atoms with Gasteiger partial charge in [0.1, 0.15) is 5.75 Å². The van der Waals surface area contributed by atoms with Gasteiger partial charge in [0, 0.05) is 6.54 Å². The Kier molecular flexibility index (Phi) is 6.68. The second-order valence-electron chi connectivity index (χ2n) is 4.27. The minimum absolute atomic E-state index is 0.00484. The van der Waals surface area contributed by atoms with E-state index in [-0.39, 0.29) is 37.6 Å². The largest absolute Gasteiger partial charge is 0.573 e. The number of carbonyl (C=O) groups excluding carboxylic acids is 2. The summed E-state index contributed by atoms with van der Waals surface area (Å²) in [5.74, 6) is -1.09. The van der Waals surface area contributed by atoms with Crippen molar-refractivity contribution in [1.82, 2.24) is 5.32 Å². The summed E-state index contributed by atoms with van der Waals surface area (Å²) >= 11 is 0. The highest BCUT2D eigenvalue weighted by Gasteiger charge is 2.30. The van der Waals surface area contributed by atoms with Crippen molar-refractivity contribution in [3.8, 4) is 5.75 Å². The van der Waals surface area contributed by atoms with E-state index in [1.807, 2.05) is 0 Å². The smallest absolute Gasteiger partial charge is 0.466 e. The number of carbonyl (C=O) groups is 2. The molecule has 0 fully saturated rings. The minimum Gasteiger partial charge on any atom is -0.466 e. The van der Waals surface area contributed by atoms with Crippen molar-refractivity contribution in [2.45, 2.75) is 26.1 Å². The molecule has 1 amide bonds. The molecule has 0 aliphatic carbocycles. The Balaban J connectivity index is 2.37. The first-order valence-electron chi connectivity index (χ1n) is 6.57. The van der Waals surface area contributed by atoms with Crippen LogP contribution in [0.5, 0.6) is 5.75 Å². The lowest BCUT2D eigenvalue weighted by atomic mass is 10.1. The number of hydrogen-bond donors (Lipinski definition) is 1. The molecular weight excluding hydrogens is 303 g/mol. The molecule has 8 heteroatoms. The maximum absolute atomic E-state index is 12.0. The molecule has 0 spiro atoms. The van der Waals surface area contributed by atoms with Crippen LogP contribution in [-0.4, -0.2) is 31.4 Å². The average Bonchev–Trinajstić information content (AvgIpc) is 2.39. The number of nitrogens with one attached hydrogen (secondary N) is 1. The number of benzene rings is 1. The Bertz CT molecular complexity index is 500. The third-order valence-electron chi connectivity index (χ3n) is 2.48. The van der Waals surface area contributed by atoms with Crippen LogP contribution in [0.4, 0.5) is 13.2 Å². The summed E-state index contributed by atoms with van der Waals surface area (Å²) in [6.45, 7) is 2.11. The van der Waals surface area contributed by atoms with E-state index >= 15 is 0 Å². The number of ether oxygens (including phenoxy) is 2. The zero-order chi connectivity index (χ0) is 16.6. The van der Waals surface area contributed by atoms with Gasteiger partial charge in [-0.15, -0.1) is 13.2 Å². The Labute approximate surface area is 125 Å². The molecule has 0 unspecified atom stereocenters. The van der Waals surface area contributed by atoms with Gasteiger partial charge in [-0.1, -0.05) is 12.1 Å². The van der Waals surface area contributed by atoms with Crippen molar-refractivity contribution >= 4 is 11.9 Å². The van der Waals surface area contributed by atoms with E-state index in [4.69, 9.17) is 4.74 Å². The number of amides is 1. The molecule has 0 saturated heterocycles. The highest BCUT2D eigenvalue weighted by molar-refractivity contribution is 5.79. The molecule has 0 saturated carbocycles. The molecule has 0 heterocycles. The van der Waals surface area contributed by atoms with Gasteiger partial charge >= 0.3 is 12.3 Å². The quantitative estimate of drug-likeness (QED) is 0.783. The van der Waals surface area contributed by atoms with Crippen molar-refractivity contribution in [3.63, 3.8) is 0 Å². The van der Waals surface area contributed by atoms with Crippen molar-refractivity contribution in [1.29, 1.82) is 0 Å². The maximum Gasteiger partial charge on any atom is 0.573 e. The van der Waals surface area contributed by atoms with Gasteiger partial charge < -0.3 is 14.8 Å². The van der Waals surface area contributed by atoms with Gasteiger partial charge in [0.25, 0.3) is 0 Å². The molecule has 0 aliphatic rings. The van der Waals surface area contributed by atoms with Crippen LogP contribution >= 0.6 is 0 Å². The third-order valence-corrected chi connectivity index (χ3v) is 2.48. The summed E-state index contributed by atoms with van der Waals surface area (Å²) in [5, 5.41) is 2.52. The Morgan fingerprint density at radius 1 is 1.18 bits per heavy atom. The van der Waals surface area contributed by atoms with E-state index < -0.39 is 12.3 Å². The SMILES string of the molecule is CCOC(=O)CCNC(=O)Cc1ccc(OC(F)(F)F)cc1. The monoisotopic (exact) mass is 319 g/mol. The van der Waals surface area contributed by atoms with Crippen LogP contribution < -0.4 is 10.1 Å². The van der Waals surface area contributed by atoms with Gasteiger partial charge in [-0.25, -0.2) is 0 Å². The van der Waals surface area contributed by atoms with Crippen LogP contribution in [0.25, 0.3) is 0 Å². The molecule has 0 aliphatic heterocycles. The summed E-state index contributed by atoms with van der Waals surface area (Å²) in [4.78, 5) is 22.6. The number of halogens is 3. The van der Waals surface area contributed by atoms with Crippen LogP contribution in [-0.2, 0) is 20.7 Å². The number of esters is 1. The van der Waals surface area contributed by atoms with Gasteiger partial charge in [0.05, 0.1) is 19.4 Å². The number of hydrogen-bond acceptors (Lipinski definition) is 4. The molecule has 0 bridgehead atoms. The van der Waals surface area contributed by atoms with Gasteiger partial charge in [0.2, 0.25) is 5.91 Å². The van der Waals surface area contributed by atoms with Gasteiger partial charge in [-0.3, -0.25) is 9.59 Å². The molecule has 5 nitrogen and oxygen atoms in total. The predicted octanol–water partition coefficient (Wildman–Crippen LogP) is 2.20. The van der Waals surface area contributed by atoms with Crippen molar-refractivity contribution in [2.75, 3.05) is 13.2 Å². The third kappa shape index (κ3) is 7.51. The molecule has 1 N–H and O–H groups in total. The van der Waals surface area contributed by atoms with E-state index in [0.717, 1.165) is 12.1 Å². The van der Waals surface area contributed by atoms with E-state index in [2.05, 4.69) is 10.1 Å². The fraction of sp³-hybridized carbons (Fsp3) is 0.429. The Hall–Kier alpha value is -2.25. The van der Waals surface area contributed by atoms with Crippen LogP contribution in [0, 0.1) is 0 Å². The number of alkyl halides is 3. The van der Waals surface area contributed by atoms with E-state index in [0.29, 0.717) is 5.56 Å². The van der Waals surface area contributed by atoms with Crippen molar-refractivity contribution < 1.29 is 32.2 Å². The van der Waals surface area contributed by atoms with Gasteiger partial charge in [0.15, 0.2) is 0 Å². The van der Waals surface area contributed by atoms with Crippen LogP contribution in [0.15, 0.2) is 24.3 Å². The molecule has 122 valence electrons. The lowest BCUT2D eigenvalue weighted by molar-refractivity contribution is -0.274. The Morgan fingerprint density at radius 3 is 2.36 bits per heavy atom. The predicted molar refractivity (Wildman–Crippen MR) is 71.1 cm³/mol. The molecule has 1 aromatic carbocycles. The first-order chi connectivity index (χ1) is 10.3. The fourth-order valence-electron chi connectivity index (χ4n) is 1.59. The fourth-order valence-corrected chi connectivity index (χ4v) is 1.59. The first kappa shape index (κ1) is 17.8. The maximum atomic E-state index is 12.0. The lowest BCUT2D eigenvalue weighted by Crippen LogP contribution is -2.27. The van der Waals surface area contributed by atoms with Gasteiger partial charge in [-0.2, -0.15) is 0 Å². The average molecular weight is 319 g/mol. The molecular formula is C14H16F3NO4. The highest BCUT2D eigenvalue weighted by Crippen LogP contribution is 2.22. The van der Waals surface area contributed by atoms with Gasteiger partial charge in [-0.05, 0) is 24.6 Å². The minimum atomic E-state index is -4.74. The van der Waals surface area contributed by atoms with Crippen molar-refractivity contribution in [3.05, 3.63) is 29.8 Å². The molecule has 0 radical (unpaired) electrons. The van der Waals surface area contributed by atoms with E-state index in [1.165, 1.54) is 12.1 Å². The second kappa shape index (κ2) is 8.26. The molecule has 22 heavy (non-hydrogen) atoms. The molecule has 1 aromatic rings. The zero-order valence-corrected chi connectivity index (χ0v) is 11.9. The normalized spacial score (nSPS) is 10.9. The first-order valence-corrected chi connectivity index (χ1v) is 6.57. The topological polar surface area (TPSA) is 64.6 Å². The van der Waals surface area contributed by atoms with E-state index in [9.17, 15) is 22.8 Å². The summed E-state index contributed by atoms with van der Waals surface area (Å²) in [7, 11) is 0. The highest BCUT2D eigenvalue weighted by atomic mass is 19.4. The summed E-state index contributed by atoms with van der Waals surface area (Å²) < 4.78 is 44.4. The molecule has 1 rings (SSSR count). The van der Waals surface area contributed by atoms with Crippen LogP contribution in [0.1, 0.15) is 18.9 Å². The Morgan fingerprint density at radius 2 is 1.82 bits per heavy atom.